The molecule has 0 saturated carbocycles. The normalized spacial score (nSPS) is 11.1. The fourth-order valence-corrected chi connectivity index (χ4v) is 3.33. The van der Waals surface area contributed by atoms with Crippen molar-refractivity contribution in [1.29, 1.82) is 5.26 Å². The molecule has 3 N–H and O–H groups in total. The monoisotopic (exact) mass is 564 g/mol. The van der Waals surface area contributed by atoms with Gasteiger partial charge in [0.2, 0.25) is 5.91 Å². The first-order valence-electron chi connectivity index (χ1n) is 12.8. The summed E-state index contributed by atoms with van der Waals surface area (Å²) in [6.07, 6.45) is 1.01. The minimum Gasteiger partial charge on any atom is -0.490 e. The molecule has 12 heteroatoms. The topological polar surface area (TPSA) is 140 Å². The van der Waals surface area contributed by atoms with Crippen LogP contribution in [0.5, 0.6) is 5.75 Å². The molecular weight excluding hydrogens is 524 g/mol. The molecule has 1 aromatic rings. The number of nitriles is 1. The van der Waals surface area contributed by atoms with Crippen molar-refractivity contribution in [2.75, 3.05) is 79.5 Å². The van der Waals surface area contributed by atoms with Crippen LogP contribution in [0, 0.1) is 22.5 Å². The molecule has 11 nitrogen and oxygen atoms in total. The van der Waals surface area contributed by atoms with Crippen molar-refractivity contribution in [1.82, 2.24) is 16.0 Å². The van der Waals surface area contributed by atoms with Gasteiger partial charge in [-0.05, 0) is 50.4 Å². The highest BCUT2D eigenvalue weighted by Gasteiger charge is 2.12. The van der Waals surface area contributed by atoms with E-state index in [0.29, 0.717) is 83.4 Å². The SMILES string of the molecule is CC#CCOCCNC(=O)CCCOCCOCCO[C@@H](COc1cccc(C(=O)NCCNC)c1)SC#N. The highest BCUT2D eigenvalue weighted by Crippen LogP contribution is 2.17. The van der Waals surface area contributed by atoms with Crippen LogP contribution in [0.15, 0.2) is 24.3 Å². The number of likely N-dealkylation sites (N-methyl/N-ethyl adjacent to an activating group) is 1. The smallest absolute Gasteiger partial charge is 0.251 e. The van der Waals surface area contributed by atoms with Gasteiger partial charge >= 0.3 is 0 Å². The molecule has 0 radical (unpaired) electrons. The van der Waals surface area contributed by atoms with Gasteiger partial charge in [0, 0.05) is 38.2 Å². The summed E-state index contributed by atoms with van der Waals surface area (Å²) in [5, 5.41) is 19.6. The van der Waals surface area contributed by atoms with Gasteiger partial charge in [-0.3, -0.25) is 9.59 Å². The number of hydrogen-bond acceptors (Lipinski definition) is 10. The maximum atomic E-state index is 12.2. The van der Waals surface area contributed by atoms with Crippen molar-refractivity contribution in [3.63, 3.8) is 0 Å². The van der Waals surface area contributed by atoms with E-state index in [-0.39, 0.29) is 25.0 Å². The number of thioether (sulfide) groups is 1. The summed E-state index contributed by atoms with van der Waals surface area (Å²) in [6.45, 7) is 6.25. The van der Waals surface area contributed by atoms with Crippen LogP contribution >= 0.6 is 11.8 Å². The molecule has 1 atom stereocenters. The van der Waals surface area contributed by atoms with Crippen LogP contribution in [0.25, 0.3) is 0 Å². The van der Waals surface area contributed by atoms with E-state index >= 15 is 0 Å². The van der Waals surface area contributed by atoms with Gasteiger partial charge in [-0.1, -0.05) is 12.0 Å². The van der Waals surface area contributed by atoms with Gasteiger partial charge < -0.3 is 39.6 Å². The van der Waals surface area contributed by atoms with E-state index < -0.39 is 5.44 Å². The van der Waals surface area contributed by atoms with E-state index in [4.69, 9.17) is 28.9 Å². The summed E-state index contributed by atoms with van der Waals surface area (Å²) in [5.41, 5.74) is -0.0158. The summed E-state index contributed by atoms with van der Waals surface area (Å²) in [5.74, 6) is 5.82. The zero-order chi connectivity index (χ0) is 28.4. The maximum absolute atomic E-state index is 12.2. The summed E-state index contributed by atoms with van der Waals surface area (Å²) in [7, 11) is 1.82. The molecule has 1 aromatic carbocycles. The quantitative estimate of drug-likeness (QED) is 0.0776. The molecule has 0 heterocycles. The average Bonchev–Trinajstić information content (AvgIpc) is 2.94. The molecule has 0 fully saturated rings. The van der Waals surface area contributed by atoms with Crippen molar-refractivity contribution in [2.24, 2.45) is 0 Å². The molecule has 0 aliphatic rings. The highest BCUT2D eigenvalue weighted by molar-refractivity contribution is 8.04. The lowest BCUT2D eigenvalue weighted by molar-refractivity contribution is -0.121. The van der Waals surface area contributed by atoms with E-state index in [9.17, 15) is 9.59 Å². The van der Waals surface area contributed by atoms with Crippen molar-refractivity contribution in [3.05, 3.63) is 29.8 Å². The lowest BCUT2D eigenvalue weighted by Crippen LogP contribution is -2.30. The first kappa shape index (κ1) is 34.2. The largest absolute Gasteiger partial charge is 0.490 e. The van der Waals surface area contributed by atoms with Gasteiger partial charge in [-0.2, -0.15) is 5.26 Å². The average molecular weight is 565 g/mol. The Morgan fingerprint density at radius 1 is 1.00 bits per heavy atom. The Morgan fingerprint density at radius 3 is 2.56 bits per heavy atom. The first-order valence-corrected chi connectivity index (χ1v) is 13.7. The number of nitrogens with zero attached hydrogens (tertiary/aromatic N) is 1. The zero-order valence-electron chi connectivity index (χ0n) is 22.8. The Kier molecular flexibility index (Phi) is 21.2. The van der Waals surface area contributed by atoms with Crippen LogP contribution < -0.4 is 20.7 Å². The Hall–Kier alpha value is -2.84. The molecule has 0 aliphatic carbocycles. The fraction of sp³-hybridized carbons (Fsp3) is 0.593. The van der Waals surface area contributed by atoms with Crippen LogP contribution in [0.2, 0.25) is 0 Å². The number of rotatable bonds is 23. The van der Waals surface area contributed by atoms with Crippen LogP contribution in [-0.2, 0) is 23.7 Å². The fourth-order valence-electron chi connectivity index (χ4n) is 2.91. The number of hydrogen-bond donors (Lipinski definition) is 3. The Labute approximate surface area is 235 Å². The molecule has 0 bridgehead atoms. The predicted molar refractivity (Wildman–Crippen MR) is 149 cm³/mol. The van der Waals surface area contributed by atoms with Crippen LogP contribution in [0.3, 0.4) is 0 Å². The lowest BCUT2D eigenvalue weighted by atomic mass is 10.2. The van der Waals surface area contributed by atoms with E-state index in [1.54, 1.807) is 31.2 Å². The van der Waals surface area contributed by atoms with Gasteiger partial charge in [0.15, 0.2) is 5.44 Å². The number of amides is 2. The van der Waals surface area contributed by atoms with E-state index in [1.165, 1.54) is 0 Å². The number of carbonyl (C=O) groups excluding carboxylic acids is 2. The standard InChI is InChI=1S/C27H40N4O7S/c1-3-4-13-34-15-12-30-25(32)9-6-14-35-16-17-36-18-19-37-26(39-22-28)21-38-24-8-5-7-23(20-24)27(33)31-11-10-29-2/h5,7-8,20,26,29H,6,9-19,21H2,1-2H3,(H,30,32)(H,31,33)/t26-/m1/s1. The summed E-state index contributed by atoms with van der Waals surface area (Å²) < 4.78 is 27.6. The second kappa shape index (κ2) is 24.2. The van der Waals surface area contributed by atoms with Crippen LogP contribution in [0.4, 0.5) is 0 Å². The van der Waals surface area contributed by atoms with Gasteiger partial charge in [0.25, 0.3) is 5.91 Å². The van der Waals surface area contributed by atoms with Gasteiger partial charge in [-0.15, -0.1) is 5.92 Å². The Bertz CT molecular complexity index is 917. The second-order valence-corrected chi connectivity index (χ2v) is 8.81. The summed E-state index contributed by atoms with van der Waals surface area (Å²) in [4.78, 5) is 23.9. The molecule has 216 valence electrons. The maximum Gasteiger partial charge on any atom is 0.251 e. The first-order chi connectivity index (χ1) is 19.1. The summed E-state index contributed by atoms with van der Waals surface area (Å²) >= 11 is 0.955. The second-order valence-electron chi connectivity index (χ2n) is 7.87. The zero-order valence-corrected chi connectivity index (χ0v) is 23.6. The van der Waals surface area contributed by atoms with E-state index in [0.717, 1.165) is 11.8 Å². The molecule has 0 saturated heterocycles. The van der Waals surface area contributed by atoms with Gasteiger partial charge in [0.05, 0.1) is 33.0 Å². The number of ether oxygens (including phenoxy) is 5. The van der Waals surface area contributed by atoms with Crippen molar-refractivity contribution >= 4 is 23.6 Å². The number of thiocyanates is 1. The third-order valence-electron chi connectivity index (χ3n) is 4.84. The molecule has 1 rings (SSSR count). The Morgan fingerprint density at radius 2 is 1.79 bits per heavy atom. The predicted octanol–water partition coefficient (Wildman–Crippen LogP) is 1.54. The molecule has 0 unspecified atom stereocenters. The lowest BCUT2D eigenvalue weighted by Gasteiger charge is -2.16. The molecule has 2 amide bonds. The number of benzene rings is 1. The Balaban J connectivity index is 2.10. The molecular formula is C27H40N4O7S. The van der Waals surface area contributed by atoms with Gasteiger partial charge in [-0.25, -0.2) is 0 Å². The van der Waals surface area contributed by atoms with Crippen molar-refractivity contribution in [2.45, 2.75) is 25.2 Å². The minimum absolute atomic E-state index is 0.0377. The number of carbonyl (C=O) groups is 2. The number of nitrogens with one attached hydrogen (secondary N) is 3. The minimum atomic E-state index is -0.509. The molecule has 39 heavy (non-hydrogen) atoms. The van der Waals surface area contributed by atoms with Crippen molar-refractivity contribution < 1.29 is 33.3 Å². The third kappa shape index (κ3) is 19.0. The molecule has 0 spiro atoms. The highest BCUT2D eigenvalue weighted by atomic mass is 32.2. The van der Waals surface area contributed by atoms with Crippen LogP contribution in [0.1, 0.15) is 30.1 Å². The van der Waals surface area contributed by atoms with Crippen molar-refractivity contribution in [3.8, 4) is 23.0 Å². The summed E-state index contributed by atoms with van der Waals surface area (Å²) in [6, 6.07) is 6.84. The molecule has 0 aromatic heterocycles. The van der Waals surface area contributed by atoms with E-state index in [1.807, 2.05) is 12.4 Å². The molecule has 0 aliphatic heterocycles. The third-order valence-corrected chi connectivity index (χ3v) is 5.48. The van der Waals surface area contributed by atoms with E-state index in [2.05, 4.69) is 27.8 Å². The van der Waals surface area contributed by atoms with Crippen LogP contribution in [-0.4, -0.2) is 96.8 Å². The van der Waals surface area contributed by atoms with Gasteiger partial charge in [0.1, 0.15) is 24.4 Å².